The molecule has 0 aromatic heterocycles. The first-order valence-corrected chi connectivity index (χ1v) is 6.44. The molecule has 0 aliphatic heterocycles. The number of amides is 1. The van der Waals surface area contributed by atoms with Gasteiger partial charge in [0.2, 0.25) is 0 Å². The Morgan fingerprint density at radius 2 is 1.81 bits per heavy atom. The third kappa shape index (κ3) is 3.32. The molecule has 0 saturated carbocycles. The molecule has 0 unspecified atom stereocenters. The molecule has 0 atom stereocenters. The van der Waals surface area contributed by atoms with Crippen LogP contribution in [0.1, 0.15) is 20.7 Å². The summed E-state index contributed by atoms with van der Waals surface area (Å²) in [4.78, 5) is 23.1. The monoisotopic (exact) mass is 327 g/mol. The van der Waals surface area contributed by atoms with Gasteiger partial charge in [0.1, 0.15) is 5.82 Å². The Hall–Kier alpha value is -2.11. The smallest absolute Gasteiger partial charge is 0.337 e. The molecule has 0 radical (unpaired) electrons. The molecule has 0 heterocycles. The molecule has 4 nitrogen and oxygen atoms in total. The minimum atomic E-state index is -1.35. The van der Waals surface area contributed by atoms with Gasteiger partial charge in [-0.25, -0.2) is 9.18 Å². The molecule has 2 aromatic carbocycles. The van der Waals surface area contributed by atoms with Crippen LogP contribution in [-0.4, -0.2) is 17.0 Å². The number of carbonyl (C=O) groups excluding carboxylic acids is 1. The van der Waals surface area contributed by atoms with Gasteiger partial charge in [-0.05, 0) is 30.3 Å². The second kappa shape index (κ2) is 6.11. The summed E-state index contributed by atoms with van der Waals surface area (Å²) in [5.41, 5.74) is -0.713. The van der Waals surface area contributed by atoms with E-state index in [0.717, 1.165) is 6.07 Å². The van der Waals surface area contributed by atoms with E-state index in [1.807, 2.05) is 0 Å². The van der Waals surface area contributed by atoms with Gasteiger partial charge < -0.3 is 10.4 Å². The molecule has 0 bridgehead atoms. The van der Waals surface area contributed by atoms with Crippen LogP contribution >= 0.6 is 23.2 Å². The topological polar surface area (TPSA) is 66.4 Å². The fraction of sp³-hybridized carbons (Fsp3) is 0. The SMILES string of the molecule is O=C(Nc1c(F)cccc1C(=O)O)c1ccc(Cl)cc1Cl. The molecule has 0 spiro atoms. The normalized spacial score (nSPS) is 10.2. The highest BCUT2D eigenvalue weighted by molar-refractivity contribution is 6.37. The fourth-order valence-electron chi connectivity index (χ4n) is 1.68. The van der Waals surface area contributed by atoms with Gasteiger partial charge in [-0.2, -0.15) is 0 Å². The number of benzene rings is 2. The zero-order valence-electron chi connectivity index (χ0n) is 10.4. The number of carboxylic acid groups (broad SMARTS) is 1. The van der Waals surface area contributed by atoms with Crippen molar-refractivity contribution in [3.8, 4) is 0 Å². The number of hydrogen-bond acceptors (Lipinski definition) is 2. The quantitative estimate of drug-likeness (QED) is 0.892. The molecule has 2 N–H and O–H groups in total. The van der Waals surface area contributed by atoms with Crippen molar-refractivity contribution in [3.63, 3.8) is 0 Å². The highest BCUT2D eigenvalue weighted by Gasteiger charge is 2.18. The number of carbonyl (C=O) groups is 2. The van der Waals surface area contributed by atoms with Crippen molar-refractivity contribution in [2.45, 2.75) is 0 Å². The molecule has 2 aromatic rings. The highest BCUT2D eigenvalue weighted by Crippen LogP contribution is 2.24. The first kappa shape index (κ1) is 15.3. The lowest BCUT2D eigenvalue weighted by atomic mass is 10.1. The Balaban J connectivity index is 2.38. The Labute approximate surface area is 129 Å². The van der Waals surface area contributed by atoms with Gasteiger partial charge in [0.15, 0.2) is 0 Å². The molecular formula is C14H8Cl2FNO3. The Morgan fingerprint density at radius 3 is 2.43 bits per heavy atom. The average molecular weight is 328 g/mol. The summed E-state index contributed by atoms with van der Waals surface area (Å²) in [6.45, 7) is 0. The third-order valence-electron chi connectivity index (χ3n) is 2.66. The van der Waals surface area contributed by atoms with E-state index in [1.54, 1.807) is 0 Å². The van der Waals surface area contributed by atoms with Gasteiger partial charge in [0.05, 0.1) is 21.8 Å². The van der Waals surface area contributed by atoms with Crippen molar-refractivity contribution in [2.75, 3.05) is 5.32 Å². The van der Waals surface area contributed by atoms with E-state index in [1.165, 1.54) is 30.3 Å². The van der Waals surface area contributed by atoms with Crippen LogP contribution in [0.15, 0.2) is 36.4 Å². The van der Waals surface area contributed by atoms with Gasteiger partial charge in [-0.3, -0.25) is 4.79 Å². The molecule has 2 rings (SSSR count). The van der Waals surface area contributed by atoms with Crippen molar-refractivity contribution < 1.29 is 19.1 Å². The predicted molar refractivity (Wildman–Crippen MR) is 77.8 cm³/mol. The minimum Gasteiger partial charge on any atom is -0.478 e. The molecule has 0 saturated heterocycles. The average Bonchev–Trinajstić information content (AvgIpc) is 2.40. The van der Waals surface area contributed by atoms with Crippen LogP contribution < -0.4 is 5.32 Å². The van der Waals surface area contributed by atoms with Crippen molar-refractivity contribution in [2.24, 2.45) is 0 Å². The van der Waals surface area contributed by atoms with Crippen molar-refractivity contribution in [1.82, 2.24) is 0 Å². The molecule has 21 heavy (non-hydrogen) atoms. The van der Waals surface area contributed by atoms with E-state index >= 15 is 0 Å². The molecule has 0 aliphatic carbocycles. The Kier molecular flexibility index (Phi) is 4.45. The van der Waals surface area contributed by atoms with E-state index in [9.17, 15) is 14.0 Å². The van der Waals surface area contributed by atoms with Crippen LogP contribution in [0.3, 0.4) is 0 Å². The molecule has 1 amide bonds. The molecular weight excluding hydrogens is 320 g/mol. The summed E-state index contributed by atoms with van der Waals surface area (Å²) in [5, 5.41) is 11.6. The zero-order valence-corrected chi connectivity index (χ0v) is 11.9. The second-order valence-corrected chi connectivity index (χ2v) is 4.89. The van der Waals surface area contributed by atoms with Crippen LogP contribution in [0.5, 0.6) is 0 Å². The summed E-state index contributed by atoms with van der Waals surface area (Å²) in [7, 11) is 0. The second-order valence-electron chi connectivity index (χ2n) is 4.05. The van der Waals surface area contributed by atoms with E-state index in [0.29, 0.717) is 5.02 Å². The molecule has 0 fully saturated rings. The fourth-order valence-corrected chi connectivity index (χ4v) is 2.18. The van der Waals surface area contributed by atoms with Crippen LogP contribution in [0.2, 0.25) is 10.0 Å². The van der Waals surface area contributed by atoms with E-state index in [2.05, 4.69) is 5.32 Å². The molecule has 108 valence electrons. The van der Waals surface area contributed by atoms with Gasteiger partial charge in [0, 0.05) is 5.02 Å². The summed E-state index contributed by atoms with van der Waals surface area (Å²) in [5.74, 6) is -2.94. The standard InChI is InChI=1S/C14H8Cl2FNO3/c15-7-4-5-8(10(16)6-7)13(19)18-12-9(14(20)21)2-1-3-11(12)17/h1-6H,(H,18,19)(H,20,21). The summed E-state index contributed by atoms with van der Waals surface area (Å²) >= 11 is 11.6. The van der Waals surface area contributed by atoms with E-state index < -0.39 is 23.4 Å². The Bertz CT molecular complexity index is 734. The first-order valence-electron chi connectivity index (χ1n) is 5.68. The maximum Gasteiger partial charge on any atom is 0.337 e. The van der Waals surface area contributed by atoms with Crippen LogP contribution in [-0.2, 0) is 0 Å². The van der Waals surface area contributed by atoms with E-state index in [-0.39, 0.29) is 16.1 Å². The highest BCUT2D eigenvalue weighted by atomic mass is 35.5. The number of rotatable bonds is 3. The summed E-state index contributed by atoms with van der Waals surface area (Å²) < 4.78 is 13.7. The van der Waals surface area contributed by atoms with Crippen molar-refractivity contribution in [3.05, 3.63) is 63.4 Å². The van der Waals surface area contributed by atoms with Crippen molar-refractivity contribution in [1.29, 1.82) is 0 Å². The number of nitrogens with one attached hydrogen (secondary N) is 1. The lowest BCUT2D eigenvalue weighted by molar-refractivity contribution is 0.0697. The summed E-state index contributed by atoms with van der Waals surface area (Å²) in [6.07, 6.45) is 0. The molecule has 7 heteroatoms. The van der Waals surface area contributed by atoms with Crippen LogP contribution in [0.25, 0.3) is 0 Å². The zero-order chi connectivity index (χ0) is 15.6. The van der Waals surface area contributed by atoms with Crippen molar-refractivity contribution >= 4 is 40.8 Å². The van der Waals surface area contributed by atoms with Gasteiger partial charge in [-0.15, -0.1) is 0 Å². The third-order valence-corrected chi connectivity index (χ3v) is 3.21. The van der Waals surface area contributed by atoms with Crippen LogP contribution in [0, 0.1) is 5.82 Å². The van der Waals surface area contributed by atoms with Gasteiger partial charge >= 0.3 is 5.97 Å². The minimum absolute atomic E-state index is 0.0562. The number of hydrogen-bond donors (Lipinski definition) is 2. The number of para-hydroxylation sites is 1. The lowest BCUT2D eigenvalue weighted by Crippen LogP contribution is -2.16. The van der Waals surface area contributed by atoms with Gasteiger partial charge in [0.25, 0.3) is 5.91 Å². The first-order chi connectivity index (χ1) is 9.90. The maximum atomic E-state index is 13.7. The van der Waals surface area contributed by atoms with E-state index in [4.69, 9.17) is 28.3 Å². The van der Waals surface area contributed by atoms with Gasteiger partial charge in [-0.1, -0.05) is 29.3 Å². The largest absolute Gasteiger partial charge is 0.478 e. The number of aromatic carboxylic acids is 1. The number of anilines is 1. The van der Waals surface area contributed by atoms with Crippen LogP contribution in [0.4, 0.5) is 10.1 Å². The maximum absolute atomic E-state index is 13.7. The summed E-state index contributed by atoms with van der Waals surface area (Å²) in [6, 6.07) is 7.64. The number of halogens is 3. The lowest BCUT2D eigenvalue weighted by Gasteiger charge is -2.10. The predicted octanol–water partition coefficient (Wildman–Crippen LogP) is 4.08. The molecule has 0 aliphatic rings. The number of carboxylic acids is 1. The Morgan fingerprint density at radius 1 is 1.10 bits per heavy atom.